The lowest BCUT2D eigenvalue weighted by atomic mass is 10.0. The molecule has 24 heavy (non-hydrogen) atoms. The monoisotopic (exact) mass is 332 g/mol. The minimum Gasteiger partial charge on any atom is -0.468 e. The Balaban J connectivity index is 1.79. The second kappa shape index (κ2) is 7.36. The largest absolute Gasteiger partial charge is 0.468 e. The van der Waals surface area contributed by atoms with E-state index in [2.05, 4.69) is 10.2 Å². The molecule has 3 rings (SSSR count). The average Bonchev–Trinajstić information content (AvgIpc) is 3.10. The summed E-state index contributed by atoms with van der Waals surface area (Å²) in [6.07, 6.45) is 2.94. The predicted octanol–water partition coefficient (Wildman–Crippen LogP) is 3.79. The van der Waals surface area contributed by atoms with Gasteiger partial charge in [0.25, 0.3) is 0 Å². The SMILES string of the molecule is C[C@@H](N[C@H](C)c1cc(F)ccc1N1CCC(O)CC1)c1ccco1. The lowest BCUT2D eigenvalue weighted by Crippen LogP contribution is -2.37. The van der Waals surface area contributed by atoms with E-state index in [-0.39, 0.29) is 24.0 Å². The molecule has 2 N–H and O–H groups in total. The maximum Gasteiger partial charge on any atom is 0.123 e. The van der Waals surface area contributed by atoms with Crippen LogP contribution in [0.3, 0.4) is 0 Å². The molecular weight excluding hydrogens is 307 g/mol. The Bertz CT molecular complexity index is 651. The molecule has 1 fully saturated rings. The van der Waals surface area contributed by atoms with Crippen LogP contribution in [0.5, 0.6) is 0 Å². The van der Waals surface area contributed by atoms with E-state index in [0.29, 0.717) is 0 Å². The third-order valence-corrected chi connectivity index (χ3v) is 4.73. The summed E-state index contributed by atoms with van der Waals surface area (Å²) in [5.74, 6) is 0.631. The zero-order chi connectivity index (χ0) is 17.1. The van der Waals surface area contributed by atoms with Gasteiger partial charge in [0.15, 0.2) is 0 Å². The Kier molecular flexibility index (Phi) is 5.21. The first kappa shape index (κ1) is 17.0. The van der Waals surface area contributed by atoms with Crippen LogP contribution in [-0.4, -0.2) is 24.3 Å². The summed E-state index contributed by atoms with van der Waals surface area (Å²) >= 11 is 0. The number of benzene rings is 1. The van der Waals surface area contributed by atoms with Crippen LogP contribution in [0.1, 0.15) is 50.1 Å². The van der Waals surface area contributed by atoms with Gasteiger partial charge in [-0.2, -0.15) is 0 Å². The summed E-state index contributed by atoms with van der Waals surface area (Å²) in [5, 5.41) is 13.2. The van der Waals surface area contributed by atoms with E-state index in [0.717, 1.165) is 42.9 Å². The van der Waals surface area contributed by atoms with Crippen LogP contribution >= 0.6 is 0 Å². The first-order valence-corrected chi connectivity index (χ1v) is 8.56. The number of piperidine rings is 1. The van der Waals surface area contributed by atoms with Crippen LogP contribution in [0.2, 0.25) is 0 Å². The van der Waals surface area contributed by atoms with Crippen molar-refractivity contribution in [1.82, 2.24) is 5.32 Å². The standard InChI is InChI=1S/C19H25FN2O2/c1-13(21-14(2)19-4-3-11-24-19)17-12-15(20)5-6-18(17)22-9-7-16(23)8-10-22/h3-6,11-14,16,21,23H,7-10H2,1-2H3/t13-,14-/m1/s1. The normalized spacial score (nSPS) is 18.6. The van der Waals surface area contributed by atoms with Gasteiger partial charge in [0.05, 0.1) is 18.4 Å². The third kappa shape index (κ3) is 3.79. The molecule has 0 aliphatic carbocycles. The second-order valence-corrected chi connectivity index (χ2v) is 6.55. The summed E-state index contributed by atoms with van der Waals surface area (Å²) in [5.41, 5.74) is 1.97. The van der Waals surface area contributed by atoms with Crippen molar-refractivity contribution in [2.75, 3.05) is 18.0 Å². The molecule has 2 heterocycles. The van der Waals surface area contributed by atoms with Gasteiger partial charge >= 0.3 is 0 Å². The average molecular weight is 332 g/mol. The van der Waals surface area contributed by atoms with E-state index in [1.807, 2.05) is 32.0 Å². The van der Waals surface area contributed by atoms with Crippen molar-refractivity contribution >= 4 is 5.69 Å². The number of rotatable bonds is 5. The zero-order valence-electron chi connectivity index (χ0n) is 14.2. The number of hydrogen-bond acceptors (Lipinski definition) is 4. The Hall–Kier alpha value is -1.85. The molecule has 2 atom stereocenters. The molecule has 0 spiro atoms. The number of nitrogens with zero attached hydrogens (tertiary/aromatic N) is 1. The molecule has 1 aliphatic rings. The van der Waals surface area contributed by atoms with Crippen molar-refractivity contribution in [2.45, 2.75) is 44.9 Å². The molecule has 130 valence electrons. The maximum atomic E-state index is 13.8. The van der Waals surface area contributed by atoms with E-state index >= 15 is 0 Å². The summed E-state index contributed by atoms with van der Waals surface area (Å²) < 4.78 is 19.3. The van der Waals surface area contributed by atoms with E-state index in [1.54, 1.807) is 12.3 Å². The van der Waals surface area contributed by atoms with Gasteiger partial charge in [0.1, 0.15) is 11.6 Å². The van der Waals surface area contributed by atoms with Gasteiger partial charge in [-0.1, -0.05) is 0 Å². The van der Waals surface area contributed by atoms with Gasteiger partial charge < -0.3 is 19.7 Å². The van der Waals surface area contributed by atoms with E-state index in [4.69, 9.17) is 4.42 Å². The van der Waals surface area contributed by atoms with Crippen molar-refractivity contribution in [3.63, 3.8) is 0 Å². The van der Waals surface area contributed by atoms with Crippen LogP contribution in [0.4, 0.5) is 10.1 Å². The van der Waals surface area contributed by atoms with Gasteiger partial charge in [-0.3, -0.25) is 0 Å². The molecular formula is C19H25FN2O2. The fourth-order valence-corrected chi connectivity index (χ4v) is 3.35. The lowest BCUT2D eigenvalue weighted by molar-refractivity contribution is 0.145. The minimum atomic E-state index is -0.231. The molecule has 5 heteroatoms. The summed E-state index contributed by atoms with van der Waals surface area (Å²) in [7, 11) is 0. The molecule has 4 nitrogen and oxygen atoms in total. The fraction of sp³-hybridized carbons (Fsp3) is 0.474. The number of halogens is 1. The highest BCUT2D eigenvalue weighted by atomic mass is 19.1. The van der Waals surface area contributed by atoms with Gasteiger partial charge in [-0.15, -0.1) is 0 Å². The lowest BCUT2D eigenvalue weighted by Gasteiger charge is -2.34. The molecule has 0 unspecified atom stereocenters. The topological polar surface area (TPSA) is 48.6 Å². The van der Waals surface area contributed by atoms with Crippen LogP contribution in [0, 0.1) is 5.82 Å². The van der Waals surface area contributed by atoms with Crippen LogP contribution in [-0.2, 0) is 0 Å². The smallest absolute Gasteiger partial charge is 0.123 e. The molecule has 0 amide bonds. The van der Waals surface area contributed by atoms with Crippen molar-refractivity contribution in [1.29, 1.82) is 0 Å². The van der Waals surface area contributed by atoms with Crippen molar-refractivity contribution in [3.05, 3.63) is 53.7 Å². The minimum absolute atomic E-state index is 0.0253. The van der Waals surface area contributed by atoms with Crippen LogP contribution in [0.25, 0.3) is 0 Å². The summed E-state index contributed by atoms with van der Waals surface area (Å²) in [6.45, 7) is 5.66. The molecule has 0 saturated carbocycles. The highest BCUT2D eigenvalue weighted by molar-refractivity contribution is 5.55. The summed E-state index contributed by atoms with van der Waals surface area (Å²) in [6, 6.07) is 8.77. The number of aliphatic hydroxyl groups is 1. The maximum absolute atomic E-state index is 13.8. The van der Waals surface area contributed by atoms with Crippen molar-refractivity contribution in [2.24, 2.45) is 0 Å². The molecule has 1 aromatic heterocycles. The number of furan rings is 1. The van der Waals surface area contributed by atoms with Gasteiger partial charge in [0.2, 0.25) is 0 Å². The third-order valence-electron chi connectivity index (χ3n) is 4.73. The zero-order valence-corrected chi connectivity index (χ0v) is 14.2. The number of hydrogen-bond donors (Lipinski definition) is 2. The Morgan fingerprint density at radius 2 is 1.96 bits per heavy atom. The fourth-order valence-electron chi connectivity index (χ4n) is 3.35. The van der Waals surface area contributed by atoms with Crippen LogP contribution in [0.15, 0.2) is 41.0 Å². The van der Waals surface area contributed by atoms with Gasteiger partial charge in [-0.25, -0.2) is 4.39 Å². The molecule has 2 aromatic rings. The van der Waals surface area contributed by atoms with E-state index in [1.165, 1.54) is 6.07 Å². The molecule has 1 aromatic carbocycles. The molecule has 1 aliphatic heterocycles. The highest BCUT2D eigenvalue weighted by Gasteiger charge is 2.22. The van der Waals surface area contributed by atoms with Crippen LogP contribution < -0.4 is 10.2 Å². The Labute approximate surface area is 142 Å². The molecule has 0 radical (unpaired) electrons. The van der Waals surface area contributed by atoms with E-state index in [9.17, 15) is 9.50 Å². The summed E-state index contributed by atoms with van der Waals surface area (Å²) in [4.78, 5) is 2.23. The quantitative estimate of drug-likeness (QED) is 0.874. The second-order valence-electron chi connectivity index (χ2n) is 6.55. The number of aliphatic hydroxyl groups excluding tert-OH is 1. The van der Waals surface area contributed by atoms with E-state index < -0.39 is 0 Å². The Morgan fingerprint density at radius 3 is 2.62 bits per heavy atom. The van der Waals surface area contributed by atoms with Gasteiger partial charge in [0, 0.05) is 24.8 Å². The Morgan fingerprint density at radius 1 is 1.21 bits per heavy atom. The number of nitrogens with one attached hydrogen (secondary N) is 1. The first-order valence-electron chi connectivity index (χ1n) is 8.56. The number of anilines is 1. The predicted molar refractivity (Wildman–Crippen MR) is 92.5 cm³/mol. The van der Waals surface area contributed by atoms with Gasteiger partial charge in [-0.05, 0) is 62.6 Å². The molecule has 1 saturated heterocycles. The highest BCUT2D eigenvalue weighted by Crippen LogP contribution is 2.31. The van der Waals surface area contributed by atoms with Crippen molar-refractivity contribution in [3.8, 4) is 0 Å². The molecule has 0 bridgehead atoms. The first-order chi connectivity index (χ1) is 11.5. The van der Waals surface area contributed by atoms with Crippen molar-refractivity contribution < 1.29 is 13.9 Å².